The second-order valence-electron chi connectivity index (χ2n) is 6.81. The van der Waals surface area contributed by atoms with Crippen molar-refractivity contribution < 1.29 is 9.37 Å². The van der Waals surface area contributed by atoms with E-state index in [1.165, 1.54) is 0 Å². The molecule has 0 saturated heterocycles. The Morgan fingerprint density at radius 1 is 1.13 bits per heavy atom. The van der Waals surface area contributed by atoms with E-state index < -0.39 is 0 Å². The lowest BCUT2D eigenvalue weighted by Crippen LogP contribution is -2.06. The molecule has 9 nitrogen and oxygen atoms in total. The van der Waals surface area contributed by atoms with E-state index in [4.69, 9.17) is 25.8 Å². The molecule has 4 rings (SSSR count). The molecule has 0 amide bonds. The molecule has 0 aliphatic carbocycles. The molecule has 0 spiro atoms. The van der Waals surface area contributed by atoms with Crippen LogP contribution < -0.4 is 16.2 Å². The largest absolute Gasteiger partial charge is 0.490 e. The number of nitrogens with two attached hydrogens (primary N) is 2. The summed E-state index contributed by atoms with van der Waals surface area (Å²) in [5, 5.41) is 7.60. The number of pyridine rings is 1. The fourth-order valence-electron chi connectivity index (χ4n) is 3.23. The molecule has 31 heavy (non-hydrogen) atoms. The van der Waals surface area contributed by atoms with Crippen LogP contribution in [0.1, 0.15) is 31.0 Å². The minimum Gasteiger partial charge on any atom is -0.490 e. The lowest BCUT2D eigenvalue weighted by Gasteiger charge is -2.10. The summed E-state index contributed by atoms with van der Waals surface area (Å²) in [4.78, 5) is 9.28. The molecule has 9 heteroatoms. The zero-order valence-electron chi connectivity index (χ0n) is 17.2. The van der Waals surface area contributed by atoms with Gasteiger partial charge in [-0.1, -0.05) is 24.1 Å². The van der Waals surface area contributed by atoms with Gasteiger partial charge in [0.25, 0.3) is 0 Å². The molecule has 0 atom stereocenters. The zero-order chi connectivity index (χ0) is 21.6. The lowest BCUT2D eigenvalue weighted by molar-refractivity contribution is 0.308. The average molecular weight is 417 g/mol. The van der Waals surface area contributed by atoms with E-state index in [1.807, 2.05) is 41.8 Å². The minimum absolute atomic E-state index is 0.167. The molecule has 3 heterocycles. The number of benzene rings is 1. The Balaban J connectivity index is 1.85. The Bertz CT molecular complexity index is 1240. The number of aromatic nitrogens is 5. The van der Waals surface area contributed by atoms with Gasteiger partial charge in [-0.25, -0.2) is 14.6 Å². The Labute approximate surface area is 179 Å². The van der Waals surface area contributed by atoms with Gasteiger partial charge in [0.05, 0.1) is 12.8 Å². The average Bonchev–Trinajstić information content (AvgIpc) is 3.39. The molecule has 1 aromatic carbocycles. The fourth-order valence-corrected chi connectivity index (χ4v) is 3.23. The molecular formula is C22H23N7O2. The third-order valence-electron chi connectivity index (χ3n) is 4.73. The van der Waals surface area contributed by atoms with E-state index in [0.717, 1.165) is 23.9 Å². The number of rotatable bonds is 7. The Kier molecular flexibility index (Phi) is 6.10. The standard InChI is InChI=1S/C22H23N7O2/c1-2-29-20-17(30-13-7-6-12-23)14-25-16(11-10-15-8-4-3-5-9-15)18(20)26-22(29)19-21(24)28-31-27-19/h3-5,8-9,14H,2,6-7,12-13,23H2,1H3,(H2,24,28). The number of fused-ring (bicyclic) bond motifs is 1. The van der Waals surface area contributed by atoms with E-state index in [9.17, 15) is 0 Å². The van der Waals surface area contributed by atoms with Crippen LogP contribution in [0.4, 0.5) is 5.82 Å². The molecule has 4 N–H and O–H groups in total. The van der Waals surface area contributed by atoms with Gasteiger partial charge in [0.15, 0.2) is 23.1 Å². The highest BCUT2D eigenvalue weighted by atomic mass is 16.6. The van der Waals surface area contributed by atoms with Crippen LogP contribution >= 0.6 is 0 Å². The molecule has 0 radical (unpaired) electrons. The fraction of sp³-hybridized carbons (Fsp3) is 0.273. The first-order valence-electron chi connectivity index (χ1n) is 10.1. The summed E-state index contributed by atoms with van der Waals surface area (Å²) in [6.07, 6.45) is 3.42. The van der Waals surface area contributed by atoms with Crippen molar-refractivity contribution in [1.82, 2.24) is 24.8 Å². The Morgan fingerprint density at radius 2 is 1.97 bits per heavy atom. The maximum atomic E-state index is 6.02. The van der Waals surface area contributed by atoms with E-state index in [1.54, 1.807) is 6.20 Å². The molecule has 0 fully saturated rings. The molecule has 0 aliphatic rings. The Morgan fingerprint density at radius 3 is 2.68 bits per heavy atom. The molecule has 0 saturated carbocycles. The second-order valence-corrected chi connectivity index (χ2v) is 6.81. The third kappa shape index (κ3) is 4.20. The first-order chi connectivity index (χ1) is 15.2. The van der Waals surface area contributed by atoms with Crippen LogP contribution in [0.15, 0.2) is 41.2 Å². The molecule has 0 unspecified atom stereocenters. The number of hydrogen-bond acceptors (Lipinski definition) is 8. The highest BCUT2D eigenvalue weighted by Gasteiger charge is 2.23. The molecule has 4 aromatic rings. The quantitative estimate of drug-likeness (QED) is 0.346. The van der Waals surface area contributed by atoms with Crippen LogP contribution in [0.2, 0.25) is 0 Å². The monoisotopic (exact) mass is 417 g/mol. The number of aryl methyl sites for hydroxylation is 1. The lowest BCUT2D eigenvalue weighted by atomic mass is 10.2. The SMILES string of the molecule is CCn1c(-c2nonc2N)nc2c(C#Cc3ccccc3)ncc(OCCCCN)c21. The van der Waals surface area contributed by atoms with E-state index >= 15 is 0 Å². The number of imidazole rings is 1. The van der Waals surface area contributed by atoms with Gasteiger partial charge in [-0.05, 0) is 54.7 Å². The number of unbranched alkanes of at least 4 members (excludes halogenated alkanes) is 1. The van der Waals surface area contributed by atoms with Crippen LogP contribution in [-0.2, 0) is 6.54 Å². The predicted octanol–water partition coefficient (Wildman–Crippen LogP) is 2.60. The molecular weight excluding hydrogens is 394 g/mol. The number of anilines is 1. The smallest absolute Gasteiger partial charge is 0.199 e. The van der Waals surface area contributed by atoms with Crippen molar-refractivity contribution in [1.29, 1.82) is 0 Å². The minimum atomic E-state index is 0.167. The first-order valence-corrected chi connectivity index (χ1v) is 10.1. The van der Waals surface area contributed by atoms with Gasteiger partial charge in [0.2, 0.25) is 0 Å². The topological polar surface area (TPSA) is 131 Å². The molecule has 158 valence electrons. The summed E-state index contributed by atoms with van der Waals surface area (Å²) in [5.74, 6) is 7.58. The number of nitrogens with zero attached hydrogens (tertiary/aromatic N) is 5. The van der Waals surface area contributed by atoms with Crippen molar-refractivity contribution in [3.63, 3.8) is 0 Å². The van der Waals surface area contributed by atoms with Gasteiger partial charge in [0.1, 0.15) is 16.7 Å². The van der Waals surface area contributed by atoms with Crippen LogP contribution in [0.3, 0.4) is 0 Å². The summed E-state index contributed by atoms with van der Waals surface area (Å²) < 4.78 is 12.8. The number of ether oxygens (including phenoxy) is 1. The van der Waals surface area contributed by atoms with Gasteiger partial charge < -0.3 is 20.8 Å². The molecule has 3 aromatic heterocycles. The van der Waals surface area contributed by atoms with Crippen LogP contribution in [-0.4, -0.2) is 38.0 Å². The number of hydrogen-bond donors (Lipinski definition) is 2. The van der Waals surface area contributed by atoms with Crippen molar-refractivity contribution in [2.75, 3.05) is 18.9 Å². The maximum absolute atomic E-state index is 6.02. The summed E-state index contributed by atoms with van der Waals surface area (Å²) in [6, 6.07) is 9.71. The van der Waals surface area contributed by atoms with Crippen molar-refractivity contribution in [3.8, 4) is 29.1 Å². The van der Waals surface area contributed by atoms with Crippen molar-refractivity contribution in [2.45, 2.75) is 26.3 Å². The van der Waals surface area contributed by atoms with Gasteiger partial charge >= 0.3 is 0 Å². The third-order valence-corrected chi connectivity index (χ3v) is 4.73. The van der Waals surface area contributed by atoms with Crippen molar-refractivity contribution in [2.24, 2.45) is 5.73 Å². The summed E-state index contributed by atoms with van der Waals surface area (Å²) >= 11 is 0. The summed E-state index contributed by atoms with van der Waals surface area (Å²) in [6.45, 7) is 3.76. The van der Waals surface area contributed by atoms with Crippen LogP contribution in [0.5, 0.6) is 5.75 Å². The van der Waals surface area contributed by atoms with Gasteiger partial charge in [0, 0.05) is 12.1 Å². The highest BCUT2D eigenvalue weighted by Crippen LogP contribution is 2.33. The highest BCUT2D eigenvalue weighted by molar-refractivity contribution is 5.89. The Hall–Kier alpha value is -3.90. The first kappa shape index (κ1) is 20.4. The van der Waals surface area contributed by atoms with Gasteiger partial charge in [-0.3, -0.25) is 0 Å². The van der Waals surface area contributed by atoms with Gasteiger partial charge in [-0.2, -0.15) is 0 Å². The summed E-state index contributed by atoms with van der Waals surface area (Å²) in [7, 11) is 0. The molecule has 0 aliphatic heterocycles. The molecule has 0 bridgehead atoms. The predicted molar refractivity (Wildman–Crippen MR) is 117 cm³/mol. The van der Waals surface area contributed by atoms with Gasteiger partial charge in [-0.15, -0.1) is 0 Å². The van der Waals surface area contributed by atoms with Crippen LogP contribution in [0, 0.1) is 11.8 Å². The zero-order valence-corrected chi connectivity index (χ0v) is 17.2. The van der Waals surface area contributed by atoms with E-state index in [-0.39, 0.29) is 5.82 Å². The van der Waals surface area contributed by atoms with E-state index in [0.29, 0.717) is 48.2 Å². The summed E-state index contributed by atoms with van der Waals surface area (Å²) in [5.41, 5.74) is 14.7. The van der Waals surface area contributed by atoms with E-state index in [2.05, 4.69) is 27.1 Å². The van der Waals surface area contributed by atoms with Crippen LogP contribution in [0.25, 0.3) is 22.6 Å². The number of nitrogen functional groups attached to an aromatic ring is 1. The normalized spacial score (nSPS) is 10.8. The van der Waals surface area contributed by atoms with Crippen molar-refractivity contribution in [3.05, 3.63) is 47.8 Å². The second kappa shape index (κ2) is 9.28. The van der Waals surface area contributed by atoms with Crippen molar-refractivity contribution >= 4 is 16.9 Å². The maximum Gasteiger partial charge on any atom is 0.199 e.